The summed E-state index contributed by atoms with van der Waals surface area (Å²) >= 11 is 5.93. The topological polar surface area (TPSA) is 47.0 Å². The third-order valence-electron chi connectivity index (χ3n) is 2.54. The Kier molecular flexibility index (Phi) is 5.44. The molecule has 0 saturated carbocycles. The molecule has 0 aliphatic heterocycles. The van der Waals surface area contributed by atoms with Crippen LogP contribution in [0.15, 0.2) is 42.9 Å². The van der Waals surface area contributed by atoms with E-state index in [-0.39, 0.29) is 0 Å². The van der Waals surface area contributed by atoms with Crippen molar-refractivity contribution >= 4 is 17.4 Å². The molecule has 2 rings (SSSR count). The predicted molar refractivity (Wildman–Crippen MR) is 76.7 cm³/mol. The zero-order valence-corrected chi connectivity index (χ0v) is 11.3. The number of nitrogens with zero attached hydrogens (tertiary/aromatic N) is 2. The molecule has 1 N–H and O–H groups in total. The Labute approximate surface area is 117 Å². The van der Waals surface area contributed by atoms with E-state index in [0.717, 1.165) is 25.1 Å². The van der Waals surface area contributed by atoms with Crippen LogP contribution in [0.4, 0.5) is 5.82 Å². The highest BCUT2D eigenvalue weighted by Gasteiger charge is 1.99. The first-order valence-corrected chi connectivity index (χ1v) is 6.61. The molecule has 0 bridgehead atoms. The molecule has 1 heterocycles. The van der Waals surface area contributed by atoms with E-state index in [1.54, 1.807) is 6.20 Å². The molecule has 4 nitrogen and oxygen atoms in total. The minimum absolute atomic E-state index is 0.544. The molecule has 0 aliphatic carbocycles. The maximum Gasteiger partial charge on any atom is 0.148 e. The van der Waals surface area contributed by atoms with Crippen molar-refractivity contribution in [1.29, 1.82) is 0 Å². The zero-order chi connectivity index (χ0) is 13.3. The van der Waals surface area contributed by atoms with E-state index in [1.807, 2.05) is 30.3 Å². The summed E-state index contributed by atoms with van der Waals surface area (Å²) in [4.78, 5) is 7.89. The number of halogens is 1. The maximum atomic E-state index is 5.93. The zero-order valence-electron chi connectivity index (χ0n) is 10.6. The van der Waals surface area contributed by atoms with Crippen molar-refractivity contribution in [2.24, 2.45) is 0 Å². The monoisotopic (exact) mass is 277 g/mol. The first kappa shape index (κ1) is 13.6. The number of anilines is 1. The number of unbranched alkanes of at least 4 members (excludes halogenated alkanes) is 1. The lowest BCUT2D eigenvalue weighted by molar-refractivity contribution is 0.308. The molecule has 0 spiro atoms. The van der Waals surface area contributed by atoms with Crippen molar-refractivity contribution in [2.75, 3.05) is 18.5 Å². The van der Waals surface area contributed by atoms with Gasteiger partial charge in [-0.25, -0.2) is 9.97 Å². The Morgan fingerprint density at radius 2 is 2.00 bits per heavy atom. The largest absolute Gasteiger partial charge is 0.494 e. The number of para-hydroxylation sites is 1. The molecule has 5 heteroatoms. The molecule has 0 atom stereocenters. The quantitative estimate of drug-likeness (QED) is 0.788. The molecule has 0 radical (unpaired) electrons. The van der Waals surface area contributed by atoms with Gasteiger partial charge in [0.1, 0.15) is 22.9 Å². The molecule has 0 fully saturated rings. The second-order valence-corrected chi connectivity index (χ2v) is 4.42. The first-order chi connectivity index (χ1) is 9.36. The molecule has 19 heavy (non-hydrogen) atoms. The fraction of sp³-hybridized carbons (Fsp3) is 0.286. The van der Waals surface area contributed by atoms with Gasteiger partial charge in [0.2, 0.25) is 0 Å². The van der Waals surface area contributed by atoms with Crippen LogP contribution in [-0.4, -0.2) is 23.1 Å². The van der Waals surface area contributed by atoms with Crippen molar-refractivity contribution in [1.82, 2.24) is 9.97 Å². The van der Waals surface area contributed by atoms with Crippen LogP contribution in [0.3, 0.4) is 0 Å². The van der Waals surface area contributed by atoms with Gasteiger partial charge in [-0.2, -0.15) is 0 Å². The Balaban J connectivity index is 1.59. The van der Waals surface area contributed by atoms with Crippen LogP contribution in [0, 0.1) is 0 Å². The fourth-order valence-electron chi connectivity index (χ4n) is 1.58. The van der Waals surface area contributed by atoms with Gasteiger partial charge in [0.05, 0.1) is 12.8 Å². The minimum atomic E-state index is 0.544. The normalized spacial score (nSPS) is 10.2. The average molecular weight is 278 g/mol. The van der Waals surface area contributed by atoms with Crippen molar-refractivity contribution in [3.63, 3.8) is 0 Å². The number of hydrogen-bond acceptors (Lipinski definition) is 4. The van der Waals surface area contributed by atoms with E-state index in [9.17, 15) is 0 Å². The summed E-state index contributed by atoms with van der Waals surface area (Å²) in [6.07, 6.45) is 5.03. The van der Waals surface area contributed by atoms with Gasteiger partial charge in [-0.1, -0.05) is 29.8 Å². The molecule has 1 aromatic carbocycles. The van der Waals surface area contributed by atoms with Gasteiger partial charge in [0.15, 0.2) is 0 Å². The summed E-state index contributed by atoms with van der Waals surface area (Å²) in [6, 6.07) is 9.82. The van der Waals surface area contributed by atoms with Crippen LogP contribution in [0.25, 0.3) is 0 Å². The van der Waals surface area contributed by atoms with Gasteiger partial charge in [-0.15, -0.1) is 0 Å². The summed E-state index contributed by atoms with van der Waals surface area (Å²) in [5, 5.41) is 3.72. The lowest BCUT2D eigenvalue weighted by Gasteiger charge is -2.07. The van der Waals surface area contributed by atoms with Gasteiger partial charge < -0.3 is 10.1 Å². The Morgan fingerprint density at radius 1 is 1.16 bits per heavy atom. The van der Waals surface area contributed by atoms with Crippen molar-refractivity contribution in [3.05, 3.63) is 47.9 Å². The summed E-state index contributed by atoms with van der Waals surface area (Å²) in [5.41, 5.74) is 0. The molecule has 0 saturated heterocycles. The Bertz CT molecular complexity index is 493. The second-order valence-electron chi connectivity index (χ2n) is 4.01. The first-order valence-electron chi connectivity index (χ1n) is 6.23. The van der Waals surface area contributed by atoms with Gasteiger partial charge in [-0.05, 0) is 25.0 Å². The van der Waals surface area contributed by atoms with E-state index in [2.05, 4.69) is 15.3 Å². The number of aromatic nitrogens is 2. The molecule has 0 unspecified atom stereocenters. The van der Waals surface area contributed by atoms with Crippen LogP contribution in [0.2, 0.25) is 5.02 Å². The van der Waals surface area contributed by atoms with E-state index >= 15 is 0 Å². The van der Waals surface area contributed by atoms with Gasteiger partial charge >= 0.3 is 0 Å². The summed E-state index contributed by atoms with van der Waals surface area (Å²) in [6.45, 7) is 1.53. The lowest BCUT2D eigenvalue weighted by Crippen LogP contribution is -2.06. The third-order valence-corrected chi connectivity index (χ3v) is 2.82. The van der Waals surface area contributed by atoms with Crippen molar-refractivity contribution < 1.29 is 4.74 Å². The highest BCUT2D eigenvalue weighted by Crippen LogP contribution is 2.15. The highest BCUT2D eigenvalue weighted by atomic mass is 35.5. The molecule has 0 amide bonds. The SMILES string of the molecule is Clc1cncnc1NCCCCOc1ccccc1. The standard InChI is InChI=1S/C14H16ClN3O/c15-13-10-16-11-18-14(13)17-8-4-5-9-19-12-6-2-1-3-7-12/h1-3,6-7,10-11H,4-5,8-9H2,(H,16,17,18). The minimum Gasteiger partial charge on any atom is -0.494 e. The van der Waals surface area contributed by atoms with Crippen molar-refractivity contribution in [2.45, 2.75) is 12.8 Å². The molecular formula is C14H16ClN3O. The number of nitrogens with one attached hydrogen (secondary N) is 1. The molecule has 1 aromatic heterocycles. The second kappa shape index (κ2) is 7.59. The molecule has 0 aliphatic rings. The molecule has 2 aromatic rings. The van der Waals surface area contributed by atoms with Gasteiger partial charge in [0.25, 0.3) is 0 Å². The lowest BCUT2D eigenvalue weighted by atomic mass is 10.3. The van der Waals surface area contributed by atoms with Gasteiger partial charge in [0, 0.05) is 6.54 Å². The van der Waals surface area contributed by atoms with Crippen LogP contribution in [0.1, 0.15) is 12.8 Å². The van der Waals surface area contributed by atoms with E-state index in [0.29, 0.717) is 17.4 Å². The van der Waals surface area contributed by atoms with Gasteiger partial charge in [-0.3, -0.25) is 0 Å². The van der Waals surface area contributed by atoms with E-state index in [4.69, 9.17) is 16.3 Å². The number of benzene rings is 1. The Hall–Kier alpha value is -1.81. The average Bonchev–Trinajstić information content (AvgIpc) is 2.45. The van der Waals surface area contributed by atoms with Crippen LogP contribution in [-0.2, 0) is 0 Å². The van der Waals surface area contributed by atoms with Crippen LogP contribution >= 0.6 is 11.6 Å². The highest BCUT2D eigenvalue weighted by molar-refractivity contribution is 6.32. The maximum absolute atomic E-state index is 5.93. The Morgan fingerprint density at radius 3 is 2.79 bits per heavy atom. The van der Waals surface area contributed by atoms with Crippen molar-refractivity contribution in [3.8, 4) is 5.75 Å². The summed E-state index contributed by atoms with van der Waals surface area (Å²) in [7, 11) is 0. The number of hydrogen-bond donors (Lipinski definition) is 1. The number of rotatable bonds is 7. The smallest absolute Gasteiger partial charge is 0.148 e. The summed E-state index contributed by atoms with van der Waals surface area (Å²) in [5.74, 6) is 1.59. The molecule has 100 valence electrons. The van der Waals surface area contributed by atoms with E-state index in [1.165, 1.54) is 6.33 Å². The van der Waals surface area contributed by atoms with Crippen LogP contribution < -0.4 is 10.1 Å². The fourth-order valence-corrected chi connectivity index (χ4v) is 1.76. The third kappa shape index (κ3) is 4.75. The number of ether oxygens (including phenoxy) is 1. The van der Waals surface area contributed by atoms with Crippen LogP contribution in [0.5, 0.6) is 5.75 Å². The summed E-state index contributed by atoms with van der Waals surface area (Å²) < 4.78 is 5.60. The van der Waals surface area contributed by atoms with E-state index < -0.39 is 0 Å². The molecular weight excluding hydrogens is 262 g/mol. The predicted octanol–water partition coefficient (Wildman–Crippen LogP) is 3.40.